The number of aromatic nitrogens is 5. The number of nitrogens with two attached hydrogens (primary N) is 1. The highest BCUT2D eigenvalue weighted by Gasteiger charge is 2.09. The van der Waals surface area contributed by atoms with Gasteiger partial charge in [-0.1, -0.05) is 24.3 Å². The average molecular weight is 256 g/mol. The molecule has 1 atom stereocenters. The highest BCUT2D eigenvalue weighted by Crippen LogP contribution is 2.12. The number of nitrogens with zero attached hydrogens (tertiary/aromatic N) is 4. The summed E-state index contributed by atoms with van der Waals surface area (Å²) in [6.45, 7) is 2.60. The Morgan fingerprint density at radius 3 is 3.00 bits per heavy atom. The maximum atomic E-state index is 5.92. The van der Waals surface area contributed by atoms with Gasteiger partial charge >= 0.3 is 0 Å². The molecule has 6 nitrogen and oxygen atoms in total. The summed E-state index contributed by atoms with van der Waals surface area (Å²) in [6.07, 6.45) is 2.73. The lowest BCUT2D eigenvalue weighted by atomic mass is 10.2. The van der Waals surface area contributed by atoms with Crippen molar-refractivity contribution in [3.8, 4) is 0 Å². The summed E-state index contributed by atoms with van der Waals surface area (Å²) < 4.78 is 1.75. The van der Waals surface area contributed by atoms with Crippen molar-refractivity contribution in [1.82, 2.24) is 25.0 Å². The van der Waals surface area contributed by atoms with Crippen LogP contribution in [0.5, 0.6) is 0 Å². The summed E-state index contributed by atoms with van der Waals surface area (Å²) in [5.74, 6) is 0.864. The molecular formula is C13H16N6. The summed E-state index contributed by atoms with van der Waals surface area (Å²) in [6, 6.07) is 7.89. The van der Waals surface area contributed by atoms with Gasteiger partial charge in [-0.2, -0.15) is 0 Å². The molecule has 0 saturated heterocycles. The lowest BCUT2D eigenvalue weighted by Gasteiger charge is -2.01. The smallest absolute Gasteiger partial charge is 0.129 e. The van der Waals surface area contributed by atoms with Gasteiger partial charge in [-0.3, -0.25) is 0 Å². The minimum absolute atomic E-state index is 0.0515. The molecule has 6 heteroatoms. The number of imidazole rings is 1. The molecule has 3 rings (SSSR count). The van der Waals surface area contributed by atoms with Crippen molar-refractivity contribution >= 4 is 11.0 Å². The van der Waals surface area contributed by atoms with Crippen LogP contribution in [0.4, 0.5) is 0 Å². The summed E-state index contributed by atoms with van der Waals surface area (Å²) in [5.41, 5.74) is 8.73. The molecule has 1 aromatic carbocycles. The van der Waals surface area contributed by atoms with E-state index in [1.165, 1.54) is 0 Å². The third kappa shape index (κ3) is 2.34. The molecule has 0 saturated carbocycles. The molecule has 3 aromatic rings. The third-order valence-corrected chi connectivity index (χ3v) is 3.13. The molecule has 0 bridgehead atoms. The fourth-order valence-electron chi connectivity index (χ4n) is 2.00. The highest BCUT2D eigenvalue weighted by molar-refractivity contribution is 5.74. The molecule has 1 unspecified atom stereocenters. The number of hydrogen-bond acceptors (Lipinski definition) is 4. The number of hydrogen-bond donors (Lipinski definition) is 2. The molecule has 0 radical (unpaired) electrons. The quantitative estimate of drug-likeness (QED) is 0.742. The molecule has 0 fully saturated rings. The average Bonchev–Trinajstić information content (AvgIpc) is 3.04. The first kappa shape index (κ1) is 11.9. The van der Waals surface area contributed by atoms with Gasteiger partial charge in [0, 0.05) is 0 Å². The molecule has 98 valence electrons. The van der Waals surface area contributed by atoms with Gasteiger partial charge in [-0.25, -0.2) is 9.67 Å². The van der Waals surface area contributed by atoms with Gasteiger partial charge in [-0.15, -0.1) is 5.10 Å². The van der Waals surface area contributed by atoms with Gasteiger partial charge in [0.1, 0.15) is 12.4 Å². The Kier molecular flexibility index (Phi) is 3.00. The van der Waals surface area contributed by atoms with E-state index in [-0.39, 0.29) is 6.04 Å². The van der Waals surface area contributed by atoms with Crippen molar-refractivity contribution in [1.29, 1.82) is 0 Å². The Morgan fingerprint density at radius 1 is 1.37 bits per heavy atom. The van der Waals surface area contributed by atoms with Crippen LogP contribution in [0.15, 0.2) is 30.5 Å². The molecule has 2 aromatic heterocycles. The first-order valence-corrected chi connectivity index (χ1v) is 6.35. The number of rotatable bonds is 4. The van der Waals surface area contributed by atoms with E-state index in [9.17, 15) is 0 Å². The van der Waals surface area contributed by atoms with E-state index in [1.54, 1.807) is 4.68 Å². The predicted molar refractivity (Wildman–Crippen MR) is 72.4 cm³/mol. The molecule has 0 spiro atoms. The van der Waals surface area contributed by atoms with Crippen LogP contribution >= 0.6 is 0 Å². The number of fused-ring (bicyclic) bond motifs is 1. The van der Waals surface area contributed by atoms with Crippen molar-refractivity contribution < 1.29 is 0 Å². The van der Waals surface area contributed by atoms with Gasteiger partial charge in [0.05, 0.1) is 29.0 Å². The zero-order chi connectivity index (χ0) is 13.2. The standard InChI is InChI=1S/C13H16N6/c1-2-9(14)12-7-19(18-17-12)8-13-15-10-5-3-4-6-11(10)16-13/h3-7,9H,2,8,14H2,1H3,(H,15,16). The SMILES string of the molecule is CCC(N)c1cn(Cc2nc3ccccc3[nH]2)nn1. The van der Waals surface area contributed by atoms with E-state index in [0.29, 0.717) is 6.54 Å². The van der Waals surface area contributed by atoms with Gasteiger partial charge in [0.2, 0.25) is 0 Å². The van der Waals surface area contributed by atoms with Crippen LogP contribution in [0.3, 0.4) is 0 Å². The Morgan fingerprint density at radius 2 is 2.21 bits per heavy atom. The van der Waals surface area contributed by atoms with Crippen LogP contribution in [0.1, 0.15) is 30.9 Å². The Bertz CT molecular complexity index is 650. The number of para-hydroxylation sites is 2. The molecule has 0 amide bonds. The second kappa shape index (κ2) is 4.81. The fraction of sp³-hybridized carbons (Fsp3) is 0.308. The highest BCUT2D eigenvalue weighted by atomic mass is 15.4. The lowest BCUT2D eigenvalue weighted by Crippen LogP contribution is -2.08. The Labute approximate surface area is 110 Å². The van der Waals surface area contributed by atoms with Crippen molar-refractivity contribution in [3.63, 3.8) is 0 Å². The maximum absolute atomic E-state index is 5.92. The van der Waals surface area contributed by atoms with Crippen LogP contribution in [0.2, 0.25) is 0 Å². The van der Waals surface area contributed by atoms with E-state index in [4.69, 9.17) is 5.73 Å². The molecule has 0 aliphatic carbocycles. The van der Waals surface area contributed by atoms with Gasteiger partial charge in [0.25, 0.3) is 0 Å². The first-order chi connectivity index (χ1) is 9.26. The molecule has 3 N–H and O–H groups in total. The molecule has 0 aliphatic heterocycles. The predicted octanol–water partition coefficient (Wildman–Crippen LogP) is 1.61. The molecule has 0 aliphatic rings. The van der Waals surface area contributed by atoms with Crippen LogP contribution in [-0.4, -0.2) is 25.0 Å². The van der Waals surface area contributed by atoms with Crippen LogP contribution in [0, 0.1) is 0 Å². The second-order valence-electron chi connectivity index (χ2n) is 4.56. The summed E-state index contributed by atoms with van der Waals surface area (Å²) in [4.78, 5) is 7.77. The number of aromatic amines is 1. The van der Waals surface area contributed by atoms with Gasteiger partial charge in [-0.05, 0) is 18.6 Å². The maximum Gasteiger partial charge on any atom is 0.129 e. The van der Waals surface area contributed by atoms with E-state index < -0.39 is 0 Å². The third-order valence-electron chi connectivity index (χ3n) is 3.13. The monoisotopic (exact) mass is 256 g/mol. The minimum Gasteiger partial charge on any atom is -0.340 e. The first-order valence-electron chi connectivity index (χ1n) is 6.35. The van der Waals surface area contributed by atoms with Crippen LogP contribution in [-0.2, 0) is 6.54 Å². The van der Waals surface area contributed by atoms with Crippen molar-refractivity contribution in [2.45, 2.75) is 25.9 Å². The van der Waals surface area contributed by atoms with Crippen LogP contribution < -0.4 is 5.73 Å². The zero-order valence-electron chi connectivity index (χ0n) is 10.7. The van der Waals surface area contributed by atoms with Crippen molar-refractivity contribution in [2.75, 3.05) is 0 Å². The summed E-state index contributed by atoms with van der Waals surface area (Å²) >= 11 is 0. The van der Waals surface area contributed by atoms with Crippen molar-refractivity contribution in [3.05, 3.63) is 42.0 Å². The van der Waals surface area contributed by atoms with Gasteiger partial charge < -0.3 is 10.7 Å². The normalized spacial score (nSPS) is 12.9. The number of H-pyrrole nitrogens is 1. The van der Waals surface area contributed by atoms with E-state index >= 15 is 0 Å². The Hall–Kier alpha value is -2.21. The van der Waals surface area contributed by atoms with Crippen molar-refractivity contribution in [2.24, 2.45) is 5.73 Å². The zero-order valence-corrected chi connectivity index (χ0v) is 10.7. The summed E-state index contributed by atoms with van der Waals surface area (Å²) in [5, 5.41) is 8.16. The fourth-order valence-corrected chi connectivity index (χ4v) is 2.00. The van der Waals surface area contributed by atoms with E-state index in [2.05, 4.69) is 20.3 Å². The topological polar surface area (TPSA) is 85.4 Å². The molecular weight excluding hydrogens is 240 g/mol. The van der Waals surface area contributed by atoms with Crippen LogP contribution in [0.25, 0.3) is 11.0 Å². The largest absolute Gasteiger partial charge is 0.340 e. The number of nitrogens with one attached hydrogen (secondary N) is 1. The molecule has 2 heterocycles. The minimum atomic E-state index is -0.0515. The lowest BCUT2D eigenvalue weighted by molar-refractivity contribution is 0.628. The number of benzene rings is 1. The van der Waals surface area contributed by atoms with E-state index in [0.717, 1.165) is 29.0 Å². The van der Waals surface area contributed by atoms with Gasteiger partial charge in [0.15, 0.2) is 0 Å². The summed E-state index contributed by atoms with van der Waals surface area (Å²) in [7, 11) is 0. The van der Waals surface area contributed by atoms with E-state index in [1.807, 2.05) is 37.4 Å². The Balaban J connectivity index is 1.82. The molecule has 19 heavy (non-hydrogen) atoms. The second-order valence-corrected chi connectivity index (χ2v) is 4.56.